The van der Waals surface area contributed by atoms with E-state index in [2.05, 4.69) is 29.8 Å². The maximum absolute atomic E-state index is 13.9. The molecule has 0 saturated carbocycles. The number of nitrogens with two attached hydrogens (primary N) is 2. The summed E-state index contributed by atoms with van der Waals surface area (Å²) in [6, 6.07) is -0.0477. The lowest BCUT2D eigenvalue weighted by atomic mass is 10.1. The Kier molecular flexibility index (Phi) is 15.0. The van der Waals surface area contributed by atoms with Gasteiger partial charge in [-0.25, -0.2) is 38.5 Å². The fourth-order valence-electron chi connectivity index (χ4n) is 5.72. The number of carbonyl (C=O) groups excluding carboxylic acids is 2. The molecule has 2 aliphatic heterocycles. The minimum atomic E-state index is -5.22. The number of ether oxygens (including phenoxy) is 4. The van der Waals surface area contributed by atoms with Gasteiger partial charge in [-0.2, -0.15) is 4.98 Å². The SMILES string of the molecule is CC(C)(C)OC(=O)NC(CSSC(C)(C)C)C(=O)O[C@H]1[C@@H](O)[C@H](n2cnc3c(N)ncnc32)O[C@@H]1COP(=O)(O)O[C@H]1C[C@H](n2ccc(N)nc2=O)O[C@@H]1COP(=O)(O)O. The topological polar surface area (TPSA) is 356 Å². The van der Waals surface area contributed by atoms with Crippen molar-refractivity contribution in [1.82, 2.24) is 34.4 Å². The number of phosphoric acid groups is 2. The Bertz CT molecular complexity index is 2170. The lowest BCUT2D eigenvalue weighted by Gasteiger charge is -2.26. The van der Waals surface area contributed by atoms with E-state index in [1.807, 2.05) is 20.8 Å². The number of nitrogen functional groups attached to an aromatic ring is 2. The zero-order chi connectivity index (χ0) is 44.4. The Morgan fingerprint density at radius 2 is 1.73 bits per heavy atom. The fourth-order valence-corrected chi connectivity index (χ4v) is 9.47. The van der Waals surface area contributed by atoms with E-state index in [4.69, 9.17) is 39.5 Å². The first-order valence-corrected chi connectivity index (χ1v) is 23.3. The molecule has 2 aliphatic rings. The number of rotatable bonds is 16. The van der Waals surface area contributed by atoms with Gasteiger partial charge in [0, 0.05) is 23.1 Å². The van der Waals surface area contributed by atoms with E-state index in [0.29, 0.717) is 0 Å². The lowest BCUT2D eigenvalue weighted by molar-refractivity contribution is -0.158. The largest absolute Gasteiger partial charge is 0.472 e. The van der Waals surface area contributed by atoms with Crippen LogP contribution in [0.4, 0.5) is 16.4 Å². The normalized spacial score (nSPS) is 25.2. The maximum atomic E-state index is 13.9. The minimum Gasteiger partial charge on any atom is -0.455 e. The number of carbonyl (C=O) groups is 2. The number of amides is 1. The van der Waals surface area contributed by atoms with Gasteiger partial charge in [-0.15, -0.1) is 0 Å². The molecule has 3 aromatic rings. The Hall–Kier alpha value is -3.43. The minimum absolute atomic E-state index is 0.00772. The first-order valence-electron chi connectivity index (χ1n) is 17.9. The second kappa shape index (κ2) is 18.9. The number of phosphoric ester groups is 2. The van der Waals surface area contributed by atoms with Gasteiger partial charge in [0.25, 0.3) is 0 Å². The average Bonchev–Trinajstić information content (AvgIpc) is 3.80. The van der Waals surface area contributed by atoms with Crippen molar-refractivity contribution < 1.29 is 71.0 Å². The number of aliphatic hydroxyl groups excluding tert-OH is 1. The Morgan fingerprint density at radius 3 is 2.38 bits per heavy atom. The van der Waals surface area contributed by atoms with E-state index < -0.39 is 101 Å². The Labute approximate surface area is 349 Å². The molecular weight excluding hydrogens is 880 g/mol. The number of anilines is 2. The van der Waals surface area contributed by atoms with Crippen LogP contribution in [0, 0.1) is 0 Å². The molecule has 25 nitrogen and oxygen atoms in total. The summed E-state index contributed by atoms with van der Waals surface area (Å²) in [6.45, 7) is 9.02. The van der Waals surface area contributed by atoms with Gasteiger partial charge in [-0.1, -0.05) is 42.4 Å². The van der Waals surface area contributed by atoms with Crippen molar-refractivity contribution in [3.63, 3.8) is 0 Å². The van der Waals surface area contributed by atoms with Crippen molar-refractivity contribution in [2.24, 2.45) is 0 Å². The van der Waals surface area contributed by atoms with E-state index in [-0.39, 0.29) is 39.7 Å². The number of imidazole rings is 1. The van der Waals surface area contributed by atoms with Crippen LogP contribution in [0.3, 0.4) is 0 Å². The van der Waals surface area contributed by atoms with Crippen LogP contribution in [0.2, 0.25) is 0 Å². The van der Waals surface area contributed by atoms with Crippen LogP contribution >= 0.6 is 37.2 Å². The molecule has 3 aromatic heterocycles. The van der Waals surface area contributed by atoms with Crippen molar-refractivity contribution in [2.75, 3.05) is 30.4 Å². The smallest absolute Gasteiger partial charge is 0.455 e. The summed E-state index contributed by atoms with van der Waals surface area (Å²) in [5.74, 6) is -1.13. The van der Waals surface area contributed by atoms with Gasteiger partial charge in [-0.3, -0.25) is 22.7 Å². The number of fused-ring (bicyclic) bond motifs is 1. The highest BCUT2D eigenvalue weighted by Gasteiger charge is 2.50. The predicted octanol–water partition coefficient (Wildman–Crippen LogP) is 1.39. The molecular formula is C31H47N9O16P2S2. The molecule has 29 heteroatoms. The zero-order valence-corrected chi connectivity index (χ0v) is 36.4. The first-order chi connectivity index (χ1) is 27.8. The Morgan fingerprint density at radius 1 is 1.03 bits per heavy atom. The van der Waals surface area contributed by atoms with E-state index in [1.165, 1.54) is 44.7 Å². The van der Waals surface area contributed by atoms with Gasteiger partial charge in [-0.05, 0) is 26.8 Å². The molecule has 0 radical (unpaired) electrons. The molecule has 60 heavy (non-hydrogen) atoms. The molecule has 0 aliphatic carbocycles. The van der Waals surface area contributed by atoms with Gasteiger partial charge < -0.3 is 55.5 Å². The van der Waals surface area contributed by atoms with Crippen LogP contribution in [-0.4, -0.2) is 127 Å². The van der Waals surface area contributed by atoms with Crippen LogP contribution in [0.5, 0.6) is 0 Å². The summed E-state index contributed by atoms with van der Waals surface area (Å²) in [5, 5.41) is 14.2. The summed E-state index contributed by atoms with van der Waals surface area (Å²) < 4.78 is 65.2. The monoisotopic (exact) mass is 927 g/mol. The standard InChI is InChI=1S/C31H47N9O16P2S2/c1-30(2,3)55-29(44)37-15(12-59-60-31(4,5)6)27(42)54-23-18(53-26(22(23)41)40-14-36-21-24(33)34-13-35-25(21)40)11-51-58(48,49)56-16-9-20(39-8-7-19(32)38-28(39)43)52-17(16)10-50-57(45,46)47/h7-8,13-18,20,22-23,26,41H,9-12H2,1-6H3,(H,37,44)(H,48,49)(H2,32,38,43)(H2,33,34,35)(H2,45,46,47)/t15?,16-,17+,18+,20+,22+,23+,26+/m0/s1. The Balaban J connectivity index is 1.38. The number of hydrogen-bond donors (Lipinski definition) is 7. The van der Waals surface area contributed by atoms with Crippen molar-refractivity contribution in [3.05, 3.63) is 35.4 Å². The molecule has 5 rings (SSSR count). The molecule has 1 amide bonds. The molecule has 0 bridgehead atoms. The van der Waals surface area contributed by atoms with Crippen LogP contribution in [0.25, 0.3) is 11.2 Å². The second-order valence-electron chi connectivity index (χ2n) is 15.3. The summed E-state index contributed by atoms with van der Waals surface area (Å²) >= 11 is 0. The molecule has 2 unspecified atom stereocenters. The first kappa shape index (κ1) is 47.6. The number of hydrogen-bond acceptors (Lipinski definition) is 21. The quantitative estimate of drug-likeness (QED) is 0.0606. The molecule has 5 heterocycles. The number of esters is 1. The number of alkyl carbamates (subject to hydrolysis) is 1. The van der Waals surface area contributed by atoms with Crippen molar-refractivity contribution >= 4 is 72.1 Å². The van der Waals surface area contributed by atoms with Gasteiger partial charge in [0.2, 0.25) is 0 Å². The molecule has 9 atom stereocenters. The van der Waals surface area contributed by atoms with Crippen LogP contribution in [0.15, 0.2) is 29.7 Å². The molecule has 2 saturated heterocycles. The van der Waals surface area contributed by atoms with E-state index >= 15 is 0 Å². The van der Waals surface area contributed by atoms with Gasteiger partial charge >= 0.3 is 33.4 Å². The van der Waals surface area contributed by atoms with Gasteiger partial charge in [0.1, 0.15) is 59.9 Å². The summed E-state index contributed by atoms with van der Waals surface area (Å²) in [5.41, 5.74) is 10.0. The third-order valence-electron chi connectivity index (χ3n) is 8.16. The summed E-state index contributed by atoms with van der Waals surface area (Å²) in [4.78, 5) is 84.6. The summed E-state index contributed by atoms with van der Waals surface area (Å²) in [6.07, 6.45) is -8.10. The zero-order valence-electron chi connectivity index (χ0n) is 33.0. The number of aliphatic hydroxyl groups is 1. The van der Waals surface area contributed by atoms with E-state index in [1.54, 1.807) is 20.8 Å². The van der Waals surface area contributed by atoms with Crippen molar-refractivity contribution in [2.45, 2.75) is 107 Å². The third-order valence-corrected chi connectivity index (χ3v) is 13.0. The number of nitrogens with zero attached hydrogens (tertiary/aromatic N) is 6. The molecule has 0 aromatic carbocycles. The molecule has 2 fully saturated rings. The van der Waals surface area contributed by atoms with Crippen molar-refractivity contribution in [1.29, 1.82) is 0 Å². The second-order valence-corrected chi connectivity index (χ2v) is 21.1. The van der Waals surface area contributed by atoms with Gasteiger partial charge in [0.05, 0.1) is 19.5 Å². The maximum Gasteiger partial charge on any atom is 0.472 e. The molecule has 334 valence electrons. The molecule has 9 N–H and O–H groups in total. The van der Waals surface area contributed by atoms with E-state index in [9.17, 15) is 43.3 Å². The highest BCUT2D eigenvalue weighted by atomic mass is 33.1. The third kappa shape index (κ3) is 13.0. The predicted molar refractivity (Wildman–Crippen MR) is 213 cm³/mol. The average molecular weight is 928 g/mol. The van der Waals surface area contributed by atoms with Crippen LogP contribution in [0.1, 0.15) is 60.4 Å². The highest BCUT2D eigenvalue weighted by Crippen LogP contribution is 2.50. The number of aromatic nitrogens is 6. The van der Waals surface area contributed by atoms with Gasteiger partial charge in [0.15, 0.2) is 23.8 Å². The summed E-state index contributed by atoms with van der Waals surface area (Å²) in [7, 11) is -7.60. The molecule has 0 spiro atoms. The van der Waals surface area contributed by atoms with Crippen molar-refractivity contribution in [3.8, 4) is 0 Å². The number of nitrogens with one attached hydrogen (secondary N) is 1. The fraction of sp³-hybridized carbons (Fsp3) is 0.645. The lowest BCUT2D eigenvalue weighted by Crippen LogP contribution is -2.48. The van der Waals surface area contributed by atoms with Crippen LogP contribution in [-0.2, 0) is 46.4 Å². The van der Waals surface area contributed by atoms with Crippen LogP contribution < -0.4 is 22.5 Å². The van der Waals surface area contributed by atoms with E-state index in [0.717, 1.165) is 10.9 Å². The highest BCUT2D eigenvalue weighted by molar-refractivity contribution is 8.77.